The quantitative estimate of drug-likeness (QED) is 0.772. The lowest BCUT2D eigenvalue weighted by molar-refractivity contribution is 0.0160. The third kappa shape index (κ3) is 3.67. The molecule has 0 bridgehead atoms. The molecule has 0 saturated carbocycles. The molecule has 0 spiro atoms. The minimum Gasteiger partial charge on any atom is -0.470 e. The normalized spacial score (nSPS) is 15.0. The van der Waals surface area contributed by atoms with E-state index in [0.717, 1.165) is 4.31 Å². The van der Waals surface area contributed by atoms with Crippen LogP contribution in [0, 0.1) is 0 Å². The number of likely N-dealkylation sites (tertiary alicyclic amines) is 1. The van der Waals surface area contributed by atoms with E-state index in [1.807, 2.05) is 0 Å². The number of benzene rings is 1. The van der Waals surface area contributed by atoms with Crippen LogP contribution in [-0.4, -0.2) is 61.8 Å². The Kier molecular flexibility index (Phi) is 5.17. The van der Waals surface area contributed by atoms with Gasteiger partial charge in [0.05, 0.1) is 18.0 Å². The Balaban J connectivity index is 1.61. The molecule has 0 N–H and O–H groups in total. The number of rotatable bonds is 5. The summed E-state index contributed by atoms with van der Waals surface area (Å²) in [5, 5.41) is 0.426. The van der Waals surface area contributed by atoms with E-state index < -0.39 is 10.0 Å². The van der Waals surface area contributed by atoms with Crippen molar-refractivity contribution in [3.63, 3.8) is 0 Å². The summed E-state index contributed by atoms with van der Waals surface area (Å²) in [6, 6.07) is 9.31. The summed E-state index contributed by atoms with van der Waals surface area (Å²) in [5.74, 6) is 0.176. The molecule has 1 aliphatic rings. The van der Waals surface area contributed by atoms with Gasteiger partial charge >= 0.3 is 0 Å². The summed E-state index contributed by atoms with van der Waals surface area (Å²) >= 11 is 6.00. The molecule has 0 atom stereocenters. The second-order valence-electron chi connectivity index (χ2n) is 6.05. The molecule has 2 aromatic rings. The smallest absolute Gasteiger partial charge is 0.254 e. The Bertz CT molecular complexity index is 910. The fourth-order valence-corrected chi connectivity index (χ4v) is 3.52. The van der Waals surface area contributed by atoms with Crippen molar-refractivity contribution in [1.29, 1.82) is 0 Å². The number of hydrogen-bond donors (Lipinski definition) is 0. The van der Waals surface area contributed by atoms with Gasteiger partial charge in [-0.15, -0.1) is 0 Å². The van der Waals surface area contributed by atoms with E-state index >= 15 is 0 Å². The molecule has 1 saturated heterocycles. The topological polar surface area (TPSA) is 79.8 Å². The van der Waals surface area contributed by atoms with E-state index in [0.29, 0.717) is 29.6 Å². The van der Waals surface area contributed by atoms with E-state index in [1.165, 1.54) is 38.4 Å². The molecular weight excluding hydrogens is 378 g/mol. The number of carbonyl (C=O) groups excluding carboxylic acids is 1. The Morgan fingerprint density at radius 1 is 1.23 bits per heavy atom. The minimum atomic E-state index is -3.51. The lowest BCUT2D eigenvalue weighted by atomic mass is 10.1. The highest BCUT2D eigenvalue weighted by atomic mass is 35.5. The van der Waals surface area contributed by atoms with Crippen molar-refractivity contribution in [3.8, 4) is 5.88 Å². The average molecular weight is 396 g/mol. The Hall–Kier alpha value is -2.16. The number of nitrogens with zero attached hydrogens (tertiary/aromatic N) is 3. The molecule has 1 aromatic carbocycles. The van der Waals surface area contributed by atoms with Crippen molar-refractivity contribution < 1.29 is 17.9 Å². The summed E-state index contributed by atoms with van der Waals surface area (Å²) in [6.45, 7) is 0.840. The molecule has 1 aromatic heterocycles. The lowest BCUT2D eigenvalue weighted by Gasteiger charge is -2.38. The first kappa shape index (κ1) is 18.6. The highest BCUT2D eigenvalue weighted by Crippen LogP contribution is 2.25. The molecule has 26 heavy (non-hydrogen) atoms. The number of pyridine rings is 1. The number of ether oxygens (including phenoxy) is 1. The van der Waals surface area contributed by atoms with Gasteiger partial charge in [0.25, 0.3) is 5.91 Å². The molecule has 0 aliphatic carbocycles. The van der Waals surface area contributed by atoms with Crippen molar-refractivity contribution in [2.24, 2.45) is 0 Å². The van der Waals surface area contributed by atoms with E-state index in [4.69, 9.17) is 16.3 Å². The first-order valence-electron chi connectivity index (χ1n) is 7.88. The van der Waals surface area contributed by atoms with Gasteiger partial charge in [-0.3, -0.25) is 4.79 Å². The second kappa shape index (κ2) is 7.22. The second-order valence-corrected chi connectivity index (χ2v) is 8.61. The maximum Gasteiger partial charge on any atom is 0.254 e. The highest BCUT2D eigenvalue weighted by Gasteiger charge is 2.33. The number of sulfonamides is 1. The first-order chi connectivity index (χ1) is 12.3. The molecular formula is C17H18ClN3O4S. The van der Waals surface area contributed by atoms with Crippen LogP contribution in [0.4, 0.5) is 0 Å². The van der Waals surface area contributed by atoms with Gasteiger partial charge < -0.3 is 9.64 Å². The Morgan fingerprint density at radius 2 is 1.88 bits per heavy atom. The standard InChI is InChI=1S/C17H18ClN3O4S/c1-20(2)26(23,24)14-7-5-12(6-8-14)17(22)21-10-13(11-21)25-16-15(18)4-3-9-19-16/h3-9,13H,10-11H2,1-2H3. The summed E-state index contributed by atoms with van der Waals surface area (Å²) in [6.07, 6.45) is 1.42. The number of amides is 1. The van der Waals surface area contributed by atoms with E-state index in [-0.39, 0.29) is 16.9 Å². The Morgan fingerprint density at radius 3 is 2.46 bits per heavy atom. The number of carbonyl (C=O) groups is 1. The third-order valence-electron chi connectivity index (χ3n) is 4.02. The zero-order valence-electron chi connectivity index (χ0n) is 14.3. The van der Waals surface area contributed by atoms with Gasteiger partial charge in [0.2, 0.25) is 15.9 Å². The fourth-order valence-electron chi connectivity index (χ4n) is 2.46. The van der Waals surface area contributed by atoms with Crippen LogP contribution in [0.15, 0.2) is 47.5 Å². The summed E-state index contributed by atoms with van der Waals surface area (Å²) in [4.78, 5) is 18.3. The van der Waals surface area contributed by atoms with E-state index in [9.17, 15) is 13.2 Å². The molecule has 1 aliphatic heterocycles. The molecule has 3 rings (SSSR count). The fraction of sp³-hybridized carbons (Fsp3) is 0.294. The van der Waals surface area contributed by atoms with Crippen LogP contribution < -0.4 is 4.74 Å². The first-order valence-corrected chi connectivity index (χ1v) is 9.70. The van der Waals surface area contributed by atoms with Crippen molar-refractivity contribution >= 4 is 27.5 Å². The highest BCUT2D eigenvalue weighted by molar-refractivity contribution is 7.89. The van der Waals surface area contributed by atoms with Crippen molar-refractivity contribution in [2.75, 3.05) is 27.2 Å². The minimum absolute atomic E-state index is 0.147. The third-order valence-corrected chi connectivity index (χ3v) is 6.14. The van der Waals surface area contributed by atoms with Crippen LogP contribution in [0.3, 0.4) is 0 Å². The van der Waals surface area contributed by atoms with Crippen LogP contribution in [0.25, 0.3) is 0 Å². The molecule has 2 heterocycles. The summed E-state index contributed by atoms with van der Waals surface area (Å²) < 4.78 is 30.9. The van der Waals surface area contributed by atoms with Crippen LogP contribution in [0.1, 0.15) is 10.4 Å². The molecule has 0 unspecified atom stereocenters. The van der Waals surface area contributed by atoms with Crippen LogP contribution >= 0.6 is 11.6 Å². The van der Waals surface area contributed by atoms with Gasteiger partial charge in [-0.05, 0) is 36.4 Å². The van der Waals surface area contributed by atoms with Crippen LogP contribution in [0.5, 0.6) is 5.88 Å². The SMILES string of the molecule is CN(C)S(=O)(=O)c1ccc(C(=O)N2CC(Oc3ncccc3Cl)C2)cc1. The van der Waals surface area contributed by atoms with Crippen LogP contribution in [0.2, 0.25) is 5.02 Å². The Labute approximate surface area is 157 Å². The van der Waals surface area contributed by atoms with E-state index in [1.54, 1.807) is 23.2 Å². The molecule has 1 amide bonds. The summed E-state index contributed by atoms with van der Waals surface area (Å²) in [7, 11) is -0.588. The largest absolute Gasteiger partial charge is 0.470 e. The zero-order valence-corrected chi connectivity index (χ0v) is 15.9. The van der Waals surface area contributed by atoms with Crippen LogP contribution in [-0.2, 0) is 10.0 Å². The average Bonchev–Trinajstić information content (AvgIpc) is 2.58. The number of aromatic nitrogens is 1. The van der Waals surface area contributed by atoms with Gasteiger partial charge in [0.1, 0.15) is 11.1 Å². The molecule has 1 fully saturated rings. The monoisotopic (exact) mass is 395 g/mol. The van der Waals surface area contributed by atoms with Gasteiger partial charge in [-0.25, -0.2) is 17.7 Å². The van der Waals surface area contributed by atoms with Gasteiger partial charge in [-0.2, -0.15) is 0 Å². The molecule has 0 radical (unpaired) electrons. The van der Waals surface area contributed by atoms with Crippen molar-refractivity contribution in [1.82, 2.24) is 14.2 Å². The zero-order chi connectivity index (χ0) is 18.9. The maximum atomic E-state index is 12.5. The molecule has 138 valence electrons. The molecule has 7 nitrogen and oxygen atoms in total. The van der Waals surface area contributed by atoms with Crippen molar-refractivity contribution in [3.05, 3.63) is 53.2 Å². The number of hydrogen-bond acceptors (Lipinski definition) is 5. The predicted octanol–water partition coefficient (Wildman–Crippen LogP) is 1.89. The van der Waals surface area contributed by atoms with E-state index in [2.05, 4.69) is 4.98 Å². The number of halogens is 1. The van der Waals surface area contributed by atoms with Crippen molar-refractivity contribution in [2.45, 2.75) is 11.0 Å². The maximum absolute atomic E-state index is 12.5. The van der Waals surface area contributed by atoms with Gasteiger partial charge in [-0.1, -0.05) is 11.6 Å². The predicted molar refractivity (Wildman–Crippen MR) is 96.9 cm³/mol. The van der Waals surface area contributed by atoms with Gasteiger partial charge in [0.15, 0.2) is 0 Å². The molecule has 9 heteroatoms. The summed E-state index contributed by atoms with van der Waals surface area (Å²) in [5.41, 5.74) is 0.428. The van der Waals surface area contributed by atoms with Gasteiger partial charge in [0, 0.05) is 25.9 Å². The lowest BCUT2D eigenvalue weighted by Crippen LogP contribution is -2.56.